The number of amides is 2. The molecule has 1 aromatic carbocycles. The Morgan fingerprint density at radius 3 is 2.56 bits per heavy atom. The van der Waals surface area contributed by atoms with Crippen molar-refractivity contribution in [3.05, 3.63) is 43.1 Å². The standard InChI is InChI=1S/C31H43N3O7/c1-7-9-10-11-14-20(3)26(33-30(38)41-31(4,5)6)28(35)34-19-21(17-24(34)29(36)37)40-27-23-16-13-12-15-22(23)25(18-32-27)39-8-2/h7,12-13,15-16,18,20-21,24,26H,1,8-11,14,17,19H2,2-6H3,(H,33,38)(H,36,37)/t20-,21-,24+,26?/m1/s1. The Bertz CT molecular complexity index is 1230. The number of hydrogen-bond acceptors (Lipinski definition) is 7. The first-order chi connectivity index (χ1) is 19.4. The lowest BCUT2D eigenvalue weighted by molar-refractivity contribution is -0.149. The van der Waals surface area contributed by atoms with Crippen molar-refractivity contribution in [1.82, 2.24) is 15.2 Å². The van der Waals surface area contributed by atoms with Crippen molar-refractivity contribution in [3.8, 4) is 11.6 Å². The number of pyridine rings is 1. The summed E-state index contributed by atoms with van der Waals surface area (Å²) in [6, 6.07) is 5.45. The van der Waals surface area contributed by atoms with Crippen LogP contribution in [0.25, 0.3) is 10.8 Å². The quantitative estimate of drug-likeness (QED) is 0.244. The van der Waals surface area contributed by atoms with Crippen molar-refractivity contribution < 1.29 is 33.7 Å². The average Bonchev–Trinajstić information content (AvgIpc) is 3.34. The van der Waals surface area contributed by atoms with Crippen molar-refractivity contribution in [3.63, 3.8) is 0 Å². The second kappa shape index (κ2) is 14.2. The van der Waals surface area contributed by atoms with Crippen LogP contribution in [-0.4, -0.2) is 69.9 Å². The smallest absolute Gasteiger partial charge is 0.408 e. The second-order valence-corrected chi connectivity index (χ2v) is 11.4. The van der Waals surface area contributed by atoms with Crippen LogP contribution in [0, 0.1) is 5.92 Å². The van der Waals surface area contributed by atoms with Crippen LogP contribution < -0.4 is 14.8 Å². The fraction of sp³-hybridized carbons (Fsp3) is 0.548. The molecule has 0 spiro atoms. The molecule has 1 fully saturated rings. The molecule has 4 atom stereocenters. The molecule has 0 radical (unpaired) electrons. The number of rotatable bonds is 13. The monoisotopic (exact) mass is 569 g/mol. The minimum absolute atomic E-state index is 0.0364. The molecule has 1 aliphatic rings. The predicted octanol–water partition coefficient (Wildman–Crippen LogP) is 5.34. The van der Waals surface area contributed by atoms with E-state index in [2.05, 4.69) is 16.9 Å². The van der Waals surface area contributed by atoms with Gasteiger partial charge in [-0.05, 0) is 58.9 Å². The highest BCUT2D eigenvalue weighted by Crippen LogP contribution is 2.33. The van der Waals surface area contributed by atoms with Gasteiger partial charge in [-0.3, -0.25) is 4.79 Å². The number of hydrogen-bond donors (Lipinski definition) is 2. The van der Waals surface area contributed by atoms with Gasteiger partial charge in [0.05, 0.1) is 19.3 Å². The largest absolute Gasteiger partial charge is 0.492 e. The number of aliphatic carboxylic acids is 1. The minimum Gasteiger partial charge on any atom is -0.492 e. The number of alkyl carbamates (subject to hydrolysis) is 1. The Labute approximate surface area is 242 Å². The number of ether oxygens (including phenoxy) is 3. The molecule has 2 heterocycles. The maximum Gasteiger partial charge on any atom is 0.408 e. The summed E-state index contributed by atoms with van der Waals surface area (Å²) in [5, 5.41) is 14.3. The minimum atomic E-state index is -1.14. The van der Waals surface area contributed by atoms with Gasteiger partial charge in [-0.25, -0.2) is 14.6 Å². The highest BCUT2D eigenvalue weighted by Gasteiger charge is 2.44. The number of aromatic nitrogens is 1. The third kappa shape index (κ3) is 8.58. The summed E-state index contributed by atoms with van der Waals surface area (Å²) in [7, 11) is 0. The molecule has 10 heteroatoms. The number of allylic oxidation sites excluding steroid dienone is 1. The Kier molecular flexibility index (Phi) is 11.0. The molecule has 1 aliphatic heterocycles. The van der Waals surface area contributed by atoms with Gasteiger partial charge in [0.25, 0.3) is 0 Å². The number of carboxylic acids is 1. The van der Waals surface area contributed by atoms with Crippen LogP contribution in [0.5, 0.6) is 11.6 Å². The highest BCUT2D eigenvalue weighted by atomic mass is 16.6. The van der Waals surface area contributed by atoms with E-state index in [0.29, 0.717) is 24.7 Å². The van der Waals surface area contributed by atoms with E-state index in [1.54, 1.807) is 27.0 Å². The van der Waals surface area contributed by atoms with Crippen LogP contribution >= 0.6 is 0 Å². The van der Waals surface area contributed by atoms with Crippen molar-refractivity contribution in [2.24, 2.45) is 5.92 Å². The molecule has 2 amide bonds. The molecule has 1 saturated heterocycles. The number of carbonyl (C=O) groups is 3. The molecule has 1 aromatic heterocycles. The van der Waals surface area contributed by atoms with Crippen LogP contribution in [0.1, 0.15) is 66.7 Å². The third-order valence-corrected chi connectivity index (χ3v) is 6.96. The molecule has 3 rings (SSSR count). The van der Waals surface area contributed by atoms with Crippen LogP contribution in [0.3, 0.4) is 0 Å². The van der Waals surface area contributed by atoms with Crippen LogP contribution in [-0.2, 0) is 14.3 Å². The molecule has 224 valence electrons. The molecular weight excluding hydrogens is 526 g/mol. The topological polar surface area (TPSA) is 127 Å². The normalized spacial score (nSPS) is 18.4. The molecule has 41 heavy (non-hydrogen) atoms. The summed E-state index contributed by atoms with van der Waals surface area (Å²) in [5.74, 6) is -0.906. The molecule has 0 bridgehead atoms. The average molecular weight is 570 g/mol. The van der Waals surface area contributed by atoms with E-state index in [1.807, 2.05) is 44.2 Å². The lowest BCUT2D eigenvalue weighted by atomic mass is 9.94. The van der Waals surface area contributed by atoms with Crippen LogP contribution in [0.4, 0.5) is 4.79 Å². The van der Waals surface area contributed by atoms with E-state index in [4.69, 9.17) is 14.2 Å². The number of unbranched alkanes of at least 4 members (excludes halogenated alkanes) is 2. The zero-order valence-corrected chi connectivity index (χ0v) is 24.7. The number of carboxylic acid groups (broad SMARTS) is 1. The SMILES string of the molecule is C=CCCCC[C@@H](C)C(NC(=O)OC(C)(C)C)C(=O)N1C[C@H](Oc2ncc(OCC)c3ccccc23)C[C@H]1C(=O)O. The summed E-state index contributed by atoms with van der Waals surface area (Å²) in [6.45, 7) is 13.3. The second-order valence-electron chi connectivity index (χ2n) is 11.4. The lowest BCUT2D eigenvalue weighted by Gasteiger charge is -2.31. The molecule has 0 aliphatic carbocycles. The Morgan fingerprint density at radius 1 is 1.22 bits per heavy atom. The fourth-order valence-corrected chi connectivity index (χ4v) is 5.01. The zero-order valence-electron chi connectivity index (χ0n) is 24.7. The van der Waals surface area contributed by atoms with E-state index < -0.39 is 41.8 Å². The van der Waals surface area contributed by atoms with E-state index in [9.17, 15) is 19.5 Å². The summed E-state index contributed by atoms with van der Waals surface area (Å²) in [5.41, 5.74) is -0.755. The van der Waals surface area contributed by atoms with Gasteiger partial charge in [-0.2, -0.15) is 0 Å². The van der Waals surface area contributed by atoms with Crippen LogP contribution in [0.2, 0.25) is 0 Å². The van der Waals surface area contributed by atoms with Crippen molar-refractivity contribution in [2.75, 3.05) is 13.2 Å². The van der Waals surface area contributed by atoms with Crippen LogP contribution in [0.15, 0.2) is 43.1 Å². The number of nitrogens with one attached hydrogen (secondary N) is 1. The van der Waals surface area contributed by atoms with E-state index in [1.165, 1.54) is 4.90 Å². The lowest BCUT2D eigenvalue weighted by Crippen LogP contribution is -2.55. The maximum atomic E-state index is 13.9. The Balaban J connectivity index is 1.83. The van der Waals surface area contributed by atoms with E-state index in [0.717, 1.165) is 30.0 Å². The molecule has 2 N–H and O–H groups in total. The van der Waals surface area contributed by atoms with Gasteiger partial charge in [0.15, 0.2) is 0 Å². The van der Waals surface area contributed by atoms with E-state index >= 15 is 0 Å². The highest BCUT2D eigenvalue weighted by molar-refractivity contribution is 5.92. The van der Waals surface area contributed by atoms with Crippen molar-refractivity contribution in [1.29, 1.82) is 0 Å². The number of fused-ring (bicyclic) bond motifs is 1. The Morgan fingerprint density at radius 2 is 1.93 bits per heavy atom. The Hall–Kier alpha value is -3.82. The summed E-state index contributed by atoms with van der Waals surface area (Å²) < 4.78 is 17.3. The summed E-state index contributed by atoms with van der Waals surface area (Å²) in [4.78, 5) is 44.6. The van der Waals surface area contributed by atoms with Gasteiger partial charge in [0.2, 0.25) is 11.8 Å². The molecular formula is C31H43N3O7. The van der Waals surface area contributed by atoms with Gasteiger partial charge in [0, 0.05) is 17.2 Å². The zero-order chi connectivity index (χ0) is 30.2. The molecule has 1 unspecified atom stereocenters. The molecule has 10 nitrogen and oxygen atoms in total. The van der Waals surface area contributed by atoms with Gasteiger partial charge in [-0.15, -0.1) is 6.58 Å². The fourth-order valence-electron chi connectivity index (χ4n) is 5.01. The van der Waals surface area contributed by atoms with Crippen molar-refractivity contribution >= 4 is 28.7 Å². The van der Waals surface area contributed by atoms with Gasteiger partial charge in [0.1, 0.15) is 29.5 Å². The summed E-state index contributed by atoms with van der Waals surface area (Å²) in [6.07, 6.45) is 5.42. The van der Waals surface area contributed by atoms with Gasteiger partial charge in [-0.1, -0.05) is 37.6 Å². The van der Waals surface area contributed by atoms with E-state index in [-0.39, 0.29) is 18.9 Å². The number of nitrogens with zero attached hydrogens (tertiary/aromatic N) is 2. The number of carbonyl (C=O) groups excluding carboxylic acids is 2. The number of likely N-dealkylation sites (tertiary alicyclic amines) is 1. The third-order valence-electron chi connectivity index (χ3n) is 6.96. The first-order valence-corrected chi connectivity index (χ1v) is 14.3. The molecule has 0 saturated carbocycles. The maximum absolute atomic E-state index is 13.9. The van der Waals surface area contributed by atoms with Gasteiger partial charge < -0.3 is 29.5 Å². The van der Waals surface area contributed by atoms with Crippen molar-refractivity contribution in [2.45, 2.75) is 90.5 Å². The first-order valence-electron chi connectivity index (χ1n) is 14.3. The summed E-state index contributed by atoms with van der Waals surface area (Å²) >= 11 is 0. The number of benzene rings is 1. The molecule has 2 aromatic rings. The predicted molar refractivity (Wildman–Crippen MR) is 156 cm³/mol. The first kappa shape index (κ1) is 31.7. The van der Waals surface area contributed by atoms with Gasteiger partial charge >= 0.3 is 12.1 Å².